The summed E-state index contributed by atoms with van der Waals surface area (Å²) in [6.07, 6.45) is 0. The molecule has 0 aliphatic carbocycles. The lowest BCUT2D eigenvalue weighted by atomic mass is 9.97. The van der Waals surface area contributed by atoms with Crippen LogP contribution in [-0.2, 0) is 0 Å². The molecule has 2 nitrogen and oxygen atoms in total. The maximum atomic E-state index is 6.44. The minimum Gasteiger partial charge on any atom is -0.455 e. The fourth-order valence-electron chi connectivity index (χ4n) is 4.81. The van der Waals surface area contributed by atoms with Crippen molar-refractivity contribution in [2.24, 2.45) is 0 Å². The minimum atomic E-state index is 0.903. The molecular formula is C32H23Br2NO. The molecule has 1 heterocycles. The van der Waals surface area contributed by atoms with Crippen LogP contribution in [0.4, 0.5) is 17.1 Å². The van der Waals surface area contributed by atoms with Gasteiger partial charge in [-0.1, -0.05) is 97.6 Å². The van der Waals surface area contributed by atoms with E-state index in [1.165, 1.54) is 11.1 Å². The van der Waals surface area contributed by atoms with Crippen LogP contribution in [0, 0.1) is 13.8 Å². The average molecular weight is 597 g/mol. The number of halogens is 2. The average Bonchev–Trinajstić information content (AvgIpc) is 3.25. The molecule has 6 rings (SSSR count). The highest BCUT2D eigenvalue weighted by Crippen LogP contribution is 2.45. The quantitative estimate of drug-likeness (QED) is 0.201. The second-order valence-electron chi connectivity index (χ2n) is 9.10. The first-order valence-electron chi connectivity index (χ1n) is 11.8. The van der Waals surface area contributed by atoms with Gasteiger partial charge in [-0.15, -0.1) is 0 Å². The Morgan fingerprint density at radius 3 is 2.06 bits per heavy atom. The van der Waals surface area contributed by atoms with E-state index in [9.17, 15) is 0 Å². The van der Waals surface area contributed by atoms with E-state index in [-0.39, 0.29) is 0 Å². The number of fused-ring (bicyclic) bond motifs is 3. The Morgan fingerprint density at radius 1 is 0.583 bits per heavy atom. The van der Waals surface area contributed by atoms with Crippen LogP contribution in [-0.4, -0.2) is 0 Å². The van der Waals surface area contributed by atoms with Gasteiger partial charge in [0, 0.05) is 42.2 Å². The molecular weight excluding hydrogens is 574 g/mol. The fraction of sp³-hybridized carbons (Fsp3) is 0.0625. The molecule has 0 saturated heterocycles. The third-order valence-corrected chi connectivity index (χ3v) is 7.40. The predicted molar refractivity (Wildman–Crippen MR) is 159 cm³/mol. The highest BCUT2D eigenvalue weighted by Gasteiger charge is 2.21. The number of benzene rings is 5. The molecule has 0 radical (unpaired) electrons. The summed E-state index contributed by atoms with van der Waals surface area (Å²) in [5.74, 6) is 0. The Morgan fingerprint density at radius 2 is 1.28 bits per heavy atom. The highest BCUT2D eigenvalue weighted by atomic mass is 79.9. The van der Waals surface area contributed by atoms with Gasteiger partial charge in [-0.05, 0) is 62.4 Å². The molecule has 0 bridgehead atoms. The van der Waals surface area contributed by atoms with E-state index in [2.05, 4.69) is 142 Å². The van der Waals surface area contributed by atoms with Crippen molar-refractivity contribution in [3.63, 3.8) is 0 Å². The van der Waals surface area contributed by atoms with Crippen LogP contribution in [0.1, 0.15) is 11.1 Å². The third kappa shape index (κ3) is 4.15. The molecule has 0 saturated carbocycles. The molecule has 0 fully saturated rings. The van der Waals surface area contributed by atoms with Gasteiger partial charge in [0.1, 0.15) is 11.2 Å². The zero-order valence-electron chi connectivity index (χ0n) is 19.9. The standard InChI is InChI=1S/C32H23Br2NO/c1-20-10-13-24(14-11-20)35(25-18-22(33)17-23(34)19-25)30-15-12-21(2)16-29(30)28-8-5-7-27-26-6-3-4-9-31(26)36-32(27)28/h3-19H,1-2H3. The van der Waals surface area contributed by atoms with E-state index in [1.54, 1.807) is 0 Å². The summed E-state index contributed by atoms with van der Waals surface area (Å²) in [5, 5.41) is 2.26. The zero-order valence-corrected chi connectivity index (χ0v) is 23.1. The van der Waals surface area contributed by atoms with Gasteiger partial charge >= 0.3 is 0 Å². The molecule has 0 aliphatic heterocycles. The molecule has 0 spiro atoms. The van der Waals surface area contributed by atoms with E-state index >= 15 is 0 Å². The van der Waals surface area contributed by atoms with Gasteiger partial charge in [-0.2, -0.15) is 0 Å². The van der Waals surface area contributed by atoms with Crippen LogP contribution in [0.3, 0.4) is 0 Å². The third-order valence-electron chi connectivity index (χ3n) is 6.49. The van der Waals surface area contributed by atoms with Crippen molar-refractivity contribution in [1.82, 2.24) is 0 Å². The molecule has 0 amide bonds. The molecule has 0 N–H and O–H groups in total. The van der Waals surface area contributed by atoms with Crippen molar-refractivity contribution in [2.75, 3.05) is 4.90 Å². The van der Waals surface area contributed by atoms with Crippen LogP contribution in [0.2, 0.25) is 0 Å². The van der Waals surface area contributed by atoms with Gasteiger partial charge in [-0.25, -0.2) is 0 Å². The van der Waals surface area contributed by atoms with Crippen molar-refractivity contribution in [1.29, 1.82) is 0 Å². The monoisotopic (exact) mass is 595 g/mol. The van der Waals surface area contributed by atoms with Crippen molar-refractivity contribution in [2.45, 2.75) is 13.8 Å². The summed E-state index contributed by atoms with van der Waals surface area (Å²) < 4.78 is 8.47. The van der Waals surface area contributed by atoms with E-state index in [4.69, 9.17) is 4.42 Å². The van der Waals surface area contributed by atoms with E-state index in [0.29, 0.717) is 0 Å². The van der Waals surface area contributed by atoms with Crippen LogP contribution in [0.25, 0.3) is 33.1 Å². The number of anilines is 3. The van der Waals surface area contributed by atoms with Crippen LogP contribution in [0.15, 0.2) is 116 Å². The smallest absolute Gasteiger partial charge is 0.143 e. The predicted octanol–water partition coefficient (Wildman–Crippen LogP) is 10.9. The fourth-order valence-corrected chi connectivity index (χ4v) is 6.08. The lowest BCUT2D eigenvalue weighted by Crippen LogP contribution is -2.11. The van der Waals surface area contributed by atoms with Gasteiger partial charge in [0.15, 0.2) is 0 Å². The molecule has 36 heavy (non-hydrogen) atoms. The molecule has 0 aliphatic rings. The summed E-state index contributed by atoms with van der Waals surface area (Å²) in [4.78, 5) is 2.31. The van der Waals surface area contributed by atoms with E-state index in [1.807, 2.05) is 12.1 Å². The second-order valence-corrected chi connectivity index (χ2v) is 10.9. The Hall–Kier alpha value is -3.34. The molecule has 1 aromatic heterocycles. The number of furan rings is 1. The summed E-state index contributed by atoms with van der Waals surface area (Å²) in [5.41, 5.74) is 9.67. The Kier molecular flexibility index (Phi) is 5.94. The van der Waals surface area contributed by atoms with Crippen LogP contribution < -0.4 is 4.90 Å². The number of hydrogen-bond acceptors (Lipinski definition) is 2. The molecule has 6 aromatic rings. The normalized spacial score (nSPS) is 11.3. The minimum absolute atomic E-state index is 0.903. The van der Waals surface area contributed by atoms with Gasteiger partial charge in [0.2, 0.25) is 0 Å². The van der Waals surface area contributed by atoms with Crippen molar-refractivity contribution in [3.8, 4) is 11.1 Å². The SMILES string of the molecule is Cc1ccc(N(c2cc(Br)cc(Br)c2)c2ccc(C)cc2-c2cccc3c2oc2ccccc23)cc1. The van der Waals surface area contributed by atoms with Crippen molar-refractivity contribution in [3.05, 3.63) is 123 Å². The molecule has 176 valence electrons. The van der Waals surface area contributed by atoms with Gasteiger partial charge in [-0.3, -0.25) is 0 Å². The van der Waals surface area contributed by atoms with Crippen LogP contribution >= 0.6 is 31.9 Å². The largest absolute Gasteiger partial charge is 0.455 e. The number of rotatable bonds is 4. The van der Waals surface area contributed by atoms with Gasteiger partial charge < -0.3 is 9.32 Å². The van der Waals surface area contributed by atoms with Crippen molar-refractivity contribution < 1.29 is 4.42 Å². The first-order chi connectivity index (χ1) is 17.5. The van der Waals surface area contributed by atoms with Crippen LogP contribution in [0.5, 0.6) is 0 Å². The van der Waals surface area contributed by atoms with Gasteiger partial charge in [0.05, 0.1) is 5.69 Å². The summed E-state index contributed by atoms with van der Waals surface area (Å²) in [6, 6.07) is 36.3. The molecule has 5 aromatic carbocycles. The molecule has 0 atom stereocenters. The number of aryl methyl sites for hydroxylation is 2. The molecule has 4 heteroatoms. The van der Waals surface area contributed by atoms with E-state index < -0.39 is 0 Å². The first-order valence-corrected chi connectivity index (χ1v) is 13.4. The summed E-state index contributed by atoms with van der Waals surface area (Å²) >= 11 is 7.39. The maximum Gasteiger partial charge on any atom is 0.143 e. The maximum absolute atomic E-state index is 6.44. The van der Waals surface area contributed by atoms with Crippen molar-refractivity contribution >= 4 is 70.9 Å². The summed E-state index contributed by atoms with van der Waals surface area (Å²) in [7, 11) is 0. The lowest BCUT2D eigenvalue weighted by molar-refractivity contribution is 0.670. The topological polar surface area (TPSA) is 16.4 Å². The number of nitrogens with zero attached hydrogens (tertiary/aromatic N) is 1. The zero-order chi connectivity index (χ0) is 24.8. The lowest BCUT2D eigenvalue weighted by Gasteiger charge is -2.28. The highest BCUT2D eigenvalue weighted by molar-refractivity contribution is 9.11. The molecule has 0 unspecified atom stereocenters. The Balaban J connectivity index is 1.65. The van der Waals surface area contributed by atoms with Gasteiger partial charge in [0.25, 0.3) is 0 Å². The Bertz CT molecular complexity index is 1710. The second kappa shape index (κ2) is 9.27. The first kappa shape index (κ1) is 23.1. The number of para-hydroxylation sites is 2. The summed E-state index contributed by atoms with van der Waals surface area (Å²) in [6.45, 7) is 4.25. The Labute approximate surface area is 227 Å². The number of hydrogen-bond donors (Lipinski definition) is 0. The van der Waals surface area contributed by atoms with E-state index in [0.717, 1.165) is 59.1 Å².